The van der Waals surface area contributed by atoms with Gasteiger partial charge in [-0.05, 0) is 24.0 Å². The van der Waals surface area contributed by atoms with Gasteiger partial charge in [0.15, 0.2) is 11.5 Å². The van der Waals surface area contributed by atoms with Crippen LogP contribution >= 0.6 is 11.8 Å². The summed E-state index contributed by atoms with van der Waals surface area (Å²) in [7, 11) is 3.33. The van der Waals surface area contributed by atoms with Crippen LogP contribution < -0.4 is 14.8 Å². The van der Waals surface area contributed by atoms with Gasteiger partial charge in [0.2, 0.25) is 0 Å². The molecule has 1 aliphatic heterocycles. The van der Waals surface area contributed by atoms with Crippen LogP contribution in [0.25, 0.3) is 0 Å². The summed E-state index contributed by atoms with van der Waals surface area (Å²) < 4.78 is 16.0. The average Bonchev–Trinajstić information content (AvgIpc) is 2.44. The molecule has 0 aromatic heterocycles. The minimum atomic E-state index is 0.288. The molecule has 1 aliphatic rings. The Kier molecular flexibility index (Phi) is 5.18. The highest BCUT2D eigenvalue weighted by Crippen LogP contribution is 2.34. The van der Waals surface area contributed by atoms with Crippen LogP contribution in [0.4, 0.5) is 0 Å². The molecule has 0 spiro atoms. The summed E-state index contributed by atoms with van der Waals surface area (Å²) in [4.78, 5) is 1.21. The first kappa shape index (κ1) is 15.5. The Morgan fingerprint density at radius 3 is 2.40 bits per heavy atom. The molecule has 1 aromatic carbocycles. The second-order valence-electron chi connectivity index (χ2n) is 5.43. The van der Waals surface area contributed by atoms with Crippen molar-refractivity contribution in [1.82, 2.24) is 5.32 Å². The molecule has 5 heteroatoms. The second kappa shape index (κ2) is 6.70. The summed E-state index contributed by atoms with van der Waals surface area (Å²) in [6.07, 6.45) is 2.08. The molecule has 1 heterocycles. The number of benzene rings is 1. The SMILES string of the molecule is COc1cc(CNCC2(C)COC2)c(SC)cc1OC. The quantitative estimate of drug-likeness (QED) is 0.783. The molecule has 4 nitrogen and oxygen atoms in total. The fraction of sp³-hybridized carbons (Fsp3) is 0.600. The minimum absolute atomic E-state index is 0.288. The Hall–Kier alpha value is -0.910. The van der Waals surface area contributed by atoms with Crippen LogP contribution in [0.2, 0.25) is 0 Å². The summed E-state index contributed by atoms with van der Waals surface area (Å²) in [5.74, 6) is 1.56. The normalized spacial score (nSPS) is 16.6. The van der Waals surface area contributed by atoms with Crippen molar-refractivity contribution in [3.8, 4) is 11.5 Å². The van der Waals surface area contributed by atoms with Gasteiger partial charge in [0, 0.05) is 23.4 Å². The number of thioether (sulfide) groups is 1. The molecule has 0 bridgehead atoms. The second-order valence-corrected chi connectivity index (χ2v) is 6.27. The van der Waals surface area contributed by atoms with E-state index in [-0.39, 0.29) is 5.41 Å². The van der Waals surface area contributed by atoms with Gasteiger partial charge in [-0.15, -0.1) is 11.8 Å². The first-order valence-electron chi connectivity index (χ1n) is 6.69. The van der Waals surface area contributed by atoms with Gasteiger partial charge >= 0.3 is 0 Å². The topological polar surface area (TPSA) is 39.7 Å². The zero-order valence-corrected chi connectivity index (χ0v) is 13.4. The summed E-state index contributed by atoms with van der Waals surface area (Å²) in [6.45, 7) is 5.73. The van der Waals surface area contributed by atoms with Gasteiger partial charge in [-0.3, -0.25) is 0 Å². The highest BCUT2D eigenvalue weighted by molar-refractivity contribution is 7.98. The third-order valence-corrected chi connectivity index (χ3v) is 4.37. The number of rotatable bonds is 7. The average molecular weight is 297 g/mol. The Balaban J connectivity index is 2.05. The number of hydrogen-bond acceptors (Lipinski definition) is 5. The fourth-order valence-corrected chi connectivity index (χ4v) is 2.90. The molecule has 0 aliphatic carbocycles. The lowest BCUT2D eigenvalue weighted by Gasteiger charge is -2.38. The zero-order chi connectivity index (χ0) is 14.6. The molecule has 2 rings (SSSR count). The maximum Gasteiger partial charge on any atom is 0.161 e. The van der Waals surface area contributed by atoms with Crippen LogP contribution in [-0.2, 0) is 11.3 Å². The molecular formula is C15H23NO3S. The largest absolute Gasteiger partial charge is 0.493 e. The third kappa shape index (κ3) is 3.40. The van der Waals surface area contributed by atoms with Gasteiger partial charge < -0.3 is 19.5 Å². The van der Waals surface area contributed by atoms with E-state index in [0.29, 0.717) is 0 Å². The summed E-state index contributed by atoms with van der Waals surface area (Å²) in [6, 6.07) is 4.09. The van der Waals surface area contributed by atoms with Crippen molar-refractivity contribution in [3.63, 3.8) is 0 Å². The zero-order valence-electron chi connectivity index (χ0n) is 12.6. The van der Waals surface area contributed by atoms with E-state index in [1.165, 1.54) is 10.5 Å². The maximum atomic E-state index is 5.37. The summed E-state index contributed by atoms with van der Waals surface area (Å²) in [5.41, 5.74) is 1.52. The van der Waals surface area contributed by atoms with Crippen molar-refractivity contribution < 1.29 is 14.2 Å². The van der Waals surface area contributed by atoms with Crippen molar-refractivity contribution in [2.24, 2.45) is 5.41 Å². The first-order valence-corrected chi connectivity index (χ1v) is 7.92. The smallest absolute Gasteiger partial charge is 0.161 e. The van der Waals surface area contributed by atoms with Gasteiger partial charge in [-0.2, -0.15) is 0 Å². The lowest BCUT2D eigenvalue weighted by Crippen LogP contribution is -2.47. The Morgan fingerprint density at radius 2 is 1.90 bits per heavy atom. The molecule has 0 unspecified atom stereocenters. The molecule has 1 N–H and O–H groups in total. The first-order chi connectivity index (χ1) is 9.61. The lowest BCUT2D eigenvalue weighted by atomic mass is 9.89. The number of ether oxygens (including phenoxy) is 3. The van der Waals surface area contributed by atoms with Gasteiger partial charge in [0.1, 0.15) is 0 Å². The van der Waals surface area contributed by atoms with Crippen LogP contribution in [0.1, 0.15) is 12.5 Å². The molecule has 1 saturated heterocycles. The molecule has 1 fully saturated rings. The predicted octanol–water partition coefficient (Wildman–Crippen LogP) is 2.55. The predicted molar refractivity (Wildman–Crippen MR) is 82.0 cm³/mol. The molecule has 0 amide bonds. The van der Waals surface area contributed by atoms with Crippen LogP contribution in [0.15, 0.2) is 17.0 Å². The number of hydrogen-bond donors (Lipinski definition) is 1. The van der Waals surface area contributed by atoms with Gasteiger partial charge in [0.25, 0.3) is 0 Å². The van der Waals surface area contributed by atoms with Crippen LogP contribution in [-0.4, -0.2) is 40.2 Å². The fourth-order valence-electron chi connectivity index (χ4n) is 2.28. The van der Waals surface area contributed by atoms with Crippen LogP contribution in [0.5, 0.6) is 11.5 Å². The van der Waals surface area contributed by atoms with E-state index in [2.05, 4.69) is 24.6 Å². The summed E-state index contributed by atoms with van der Waals surface area (Å²) >= 11 is 1.72. The Bertz CT molecular complexity index is 461. The maximum absolute atomic E-state index is 5.37. The van der Waals surface area contributed by atoms with Gasteiger partial charge in [-0.1, -0.05) is 6.92 Å². The van der Waals surface area contributed by atoms with E-state index in [9.17, 15) is 0 Å². The van der Waals surface area contributed by atoms with E-state index in [1.54, 1.807) is 26.0 Å². The minimum Gasteiger partial charge on any atom is -0.493 e. The van der Waals surface area contributed by atoms with Crippen molar-refractivity contribution in [2.75, 3.05) is 40.2 Å². The van der Waals surface area contributed by atoms with E-state index in [0.717, 1.165) is 37.8 Å². The summed E-state index contributed by atoms with van der Waals surface area (Å²) in [5, 5.41) is 3.52. The van der Waals surface area contributed by atoms with E-state index >= 15 is 0 Å². The third-order valence-electron chi connectivity index (χ3n) is 3.55. The molecule has 0 saturated carbocycles. The van der Waals surface area contributed by atoms with Crippen molar-refractivity contribution in [1.29, 1.82) is 0 Å². The standard InChI is InChI=1S/C15H23NO3S/c1-15(9-19-10-15)8-16-7-11-5-12(17-2)13(18-3)6-14(11)20-4/h5-6,16H,7-10H2,1-4H3. The highest BCUT2D eigenvalue weighted by Gasteiger charge is 2.32. The van der Waals surface area contributed by atoms with Crippen molar-refractivity contribution in [2.45, 2.75) is 18.4 Å². The van der Waals surface area contributed by atoms with E-state index in [1.807, 2.05) is 6.07 Å². The number of nitrogens with one attached hydrogen (secondary N) is 1. The van der Waals surface area contributed by atoms with E-state index in [4.69, 9.17) is 14.2 Å². The Morgan fingerprint density at radius 1 is 1.25 bits per heavy atom. The Labute approximate surface area is 125 Å². The van der Waals surface area contributed by atoms with Gasteiger partial charge in [-0.25, -0.2) is 0 Å². The molecule has 0 radical (unpaired) electrons. The van der Waals surface area contributed by atoms with E-state index < -0.39 is 0 Å². The van der Waals surface area contributed by atoms with Crippen LogP contribution in [0.3, 0.4) is 0 Å². The monoisotopic (exact) mass is 297 g/mol. The lowest BCUT2D eigenvalue weighted by molar-refractivity contribution is -0.0991. The van der Waals surface area contributed by atoms with Crippen molar-refractivity contribution >= 4 is 11.8 Å². The van der Waals surface area contributed by atoms with Crippen LogP contribution in [0, 0.1) is 5.41 Å². The highest BCUT2D eigenvalue weighted by atomic mass is 32.2. The molecule has 112 valence electrons. The molecule has 20 heavy (non-hydrogen) atoms. The van der Waals surface area contributed by atoms with Crippen molar-refractivity contribution in [3.05, 3.63) is 17.7 Å². The number of methoxy groups -OCH3 is 2. The molecular weight excluding hydrogens is 274 g/mol. The molecule has 0 atom stereocenters. The van der Waals surface area contributed by atoms with Gasteiger partial charge in [0.05, 0.1) is 27.4 Å². The molecule has 1 aromatic rings.